The smallest absolute Gasteiger partial charge is 0.272 e. The summed E-state index contributed by atoms with van der Waals surface area (Å²) in [7, 11) is 0. The van der Waals surface area contributed by atoms with Crippen molar-refractivity contribution in [1.29, 1.82) is 0 Å². The number of hydrogen-bond acceptors (Lipinski definition) is 4. The highest BCUT2D eigenvalue weighted by Gasteiger charge is 2.24. The van der Waals surface area contributed by atoms with Crippen LogP contribution in [0.3, 0.4) is 0 Å². The van der Waals surface area contributed by atoms with Crippen LogP contribution < -0.4 is 5.32 Å². The van der Waals surface area contributed by atoms with Crippen molar-refractivity contribution >= 4 is 5.69 Å². The first-order valence-corrected chi connectivity index (χ1v) is 6.71. The lowest BCUT2D eigenvalue weighted by Crippen LogP contribution is -2.27. The third-order valence-corrected chi connectivity index (χ3v) is 3.96. The van der Waals surface area contributed by atoms with Crippen LogP contribution in [0.15, 0.2) is 18.2 Å². The standard InChI is InChI=1S/C14H20N2O3/c1-10-11(4-2-6-13(10)16(18)19)8-15-9-12-5-3-7-14(12)17/h2,4,6,12,14-15,17H,3,5,7-9H2,1H3. The quantitative estimate of drug-likeness (QED) is 0.631. The number of rotatable bonds is 5. The first kappa shape index (κ1) is 14.0. The van der Waals surface area contributed by atoms with Crippen LogP contribution in [0.5, 0.6) is 0 Å². The minimum Gasteiger partial charge on any atom is -0.393 e. The normalized spacial score (nSPS) is 22.6. The molecule has 1 fully saturated rings. The van der Waals surface area contributed by atoms with Gasteiger partial charge in [-0.15, -0.1) is 0 Å². The Balaban J connectivity index is 1.92. The molecule has 5 nitrogen and oxygen atoms in total. The van der Waals surface area contributed by atoms with E-state index in [4.69, 9.17) is 0 Å². The molecule has 2 N–H and O–H groups in total. The van der Waals surface area contributed by atoms with E-state index in [-0.39, 0.29) is 16.7 Å². The molecule has 2 unspecified atom stereocenters. The van der Waals surface area contributed by atoms with Crippen molar-refractivity contribution in [2.75, 3.05) is 6.54 Å². The van der Waals surface area contributed by atoms with Gasteiger partial charge in [0.1, 0.15) is 0 Å². The predicted octanol–water partition coefficient (Wildman–Crippen LogP) is 2.15. The van der Waals surface area contributed by atoms with Gasteiger partial charge in [0, 0.05) is 24.7 Å². The first-order valence-electron chi connectivity index (χ1n) is 6.71. The Morgan fingerprint density at radius 1 is 1.47 bits per heavy atom. The van der Waals surface area contributed by atoms with Crippen LogP contribution in [0.4, 0.5) is 5.69 Å². The van der Waals surface area contributed by atoms with Gasteiger partial charge in [0.25, 0.3) is 5.69 Å². The highest BCUT2D eigenvalue weighted by atomic mass is 16.6. The Bertz CT molecular complexity index is 462. The molecule has 5 heteroatoms. The lowest BCUT2D eigenvalue weighted by molar-refractivity contribution is -0.385. The van der Waals surface area contributed by atoms with E-state index >= 15 is 0 Å². The number of aliphatic hydroxyl groups is 1. The molecule has 104 valence electrons. The summed E-state index contributed by atoms with van der Waals surface area (Å²) in [5.74, 6) is 0.319. The average Bonchev–Trinajstić information content (AvgIpc) is 2.77. The summed E-state index contributed by atoms with van der Waals surface area (Å²) in [5, 5.41) is 23.9. The second-order valence-electron chi connectivity index (χ2n) is 5.21. The monoisotopic (exact) mass is 264 g/mol. The lowest BCUT2D eigenvalue weighted by atomic mass is 10.0. The minimum atomic E-state index is -0.348. The summed E-state index contributed by atoms with van der Waals surface area (Å²) >= 11 is 0. The van der Waals surface area contributed by atoms with Crippen molar-refractivity contribution in [3.63, 3.8) is 0 Å². The molecule has 0 bridgehead atoms. The van der Waals surface area contributed by atoms with Crippen LogP contribution in [0, 0.1) is 23.0 Å². The number of nitro benzene ring substituents is 1. The van der Waals surface area contributed by atoms with Crippen molar-refractivity contribution in [2.45, 2.75) is 38.8 Å². The largest absolute Gasteiger partial charge is 0.393 e. The number of hydrogen-bond donors (Lipinski definition) is 2. The van der Waals surface area contributed by atoms with Crippen LogP contribution in [-0.4, -0.2) is 22.7 Å². The number of nitro groups is 1. The fourth-order valence-electron chi connectivity index (χ4n) is 2.71. The molecule has 1 aromatic carbocycles. The summed E-state index contributed by atoms with van der Waals surface area (Å²) in [6.45, 7) is 3.15. The van der Waals surface area contributed by atoms with Crippen LogP contribution in [0.2, 0.25) is 0 Å². The molecule has 0 heterocycles. The maximum Gasteiger partial charge on any atom is 0.272 e. The zero-order valence-electron chi connectivity index (χ0n) is 11.1. The Kier molecular flexibility index (Phi) is 4.50. The molecule has 0 aromatic heterocycles. The van der Waals surface area contributed by atoms with Gasteiger partial charge in [-0.2, -0.15) is 0 Å². The number of nitrogens with zero attached hydrogens (tertiary/aromatic N) is 1. The molecule has 0 saturated heterocycles. The summed E-state index contributed by atoms with van der Waals surface area (Å²) in [6, 6.07) is 5.15. The van der Waals surface area contributed by atoms with Gasteiger partial charge in [-0.3, -0.25) is 10.1 Å². The van der Waals surface area contributed by atoms with Crippen LogP contribution >= 0.6 is 0 Å². The molecular formula is C14H20N2O3. The highest BCUT2D eigenvalue weighted by Crippen LogP contribution is 2.25. The van der Waals surface area contributed by atoms with E-state index in [1.165, 1.54) is 6.07 Å². The molecule has 1 aromatic rings. The zero-order valence-corrected chi connectivity index (χ0v) is 11.1. The van der Waals surface area contributed by atoms with Gasteiger partial charge in [-0.1, -0.05) is 18.6 Å². The topological polar surface area (TPSA) is 75.4 Å². The van der Waals surface area contributed by atoms with Gasteiger partial charge >= 0.3 is 0 Å². The summed E-state index contributed by atoms with van der Waals surface area (Å²) < 4.78 is 0. The summed E-state index contributed by atoms with van der Waals surface area (Å²) in [4.78, 5) is 10.5. The second-order valence-corrected chi connectivity index (χ2v) is 5.21. The maximum atomic E-state index is 10.9. The van der Waals surface area contributed by atoms with Gasteiger partial charge in [0.2, 0.25) is 0 Å². The van der Waals surface area contributed by atoms with Crippen LogP contribution in [-0.2, 0) is 6.54 Å². The fraction of sp³-hybridized carbons (Fsp3) is 0.571. The van der Waals surface area contributed by atoms with Crippen molar-refractivity contribution in [3.05, 3.63) is 39.4 Å². The van der Waals surface area contributed by atoms with E-state index in [9.17, 15) is 15.2 Å². The van der Waals surface area contributed by atoms with Crippen LogP contribution in [0.25, 0.3) is 0 Å². The van der Waals surface area contributed by atoms with Crippen molar-refractivity contribution < 1.29 is 10.0 Å². The Morgan fingerprint density at radius 3 is 2.89 bits per heavy atom. The number of aliphatic hydroxyl groups excluding tert-OH is 1. The maximum absolute atomic E-state index is 10.9. The number of nitrogens with one attached hydrogen (secondary N) is 1. The highest BCUT2D eigenvalue weighted by molar-refractivity contribution is 5.44. The average molecular weight is 264 g/mol. The molecule has 1 aliphatic rings. The SMILES string of the molecule is Cc1c(CNCC2CCCC2O)cccc1[N+](=O)[O-]. The van der Waals surface area contributed by atoms with E-state index in [1.807, 2.05) is 6.07 Å². The molecule has 2 rings (SSSR count). The molecule has 0 aliphatic heterocycles. The van der Waals surface area contributed by atoms with Gasteiger partial charge in [0.15, 0.2) is 0 Å². The van der Waals surface area contributed by atoms with E-state index < -0.39 is 0 Å². The molecule has 2 atom stereocenters. The van der Waals surface area contributed by atoms with Crippen molar-refractivity contribution in [2.24, 2.45) is 5.92 Å². The summed E-state index contributed by atoms with van der Waals surface area (Å²) in [6.07, 6.45) is 2.84. The molecule has 19 heavy (non-hydrogen) atoms. The predicted molar refractivity (Wildman–Crippen MR) is 72.9 cm³/mol. The molecule has 1 aliphatic carbocycles. The van der Waals surface area contributed by atoms with E-state index in [1.54, 1.807) is 13.0 Å². The fourth-order valence-corrected chi connectivity index (χ4v) is 2.71. The second kappa shape index (κ2) is 6.12. The van der Waals surface area contributed by atoms with E-state index in [0.29, 0.717) is 18.0 Å². The Labute approximate surface area is 112 Å². The molecule has 0 amide bonds. The van der Waals surface area contributed by atoms with E-state index in [0.717, 1.165) is 31.4 Å². The first-order chi connectivity index (χ1) is 9.09. The lowest BCUT2D eigenvalue weighted by Gasteiger charge is -2.15. The zero-order chi connectivity index (χ0) is 13.8. The van der Waals surface area contributed by atoms with Gasteiger partial charge < -0.3 is 10.4 Å². The molecule has 1 saturated carbocycles. The number of benzene rings is 1. The van der Waals surface area contributed by atoms with Crippen LogP contribution in [0.1, 0.15) is 30.4 Å². The van der Waals surface area contributed by atoms with Crippen molar-refractivity contribution in [1.82, 2.24) is 5.32 Å². The van der Waals surface area contributed by atoms with Gasteiger partial charge in [-0.25, -0.2) is 0 Å². The molecular weight excluding hydrogens is 244 g/mol. The molecule has 0 spiro atoms. The third kappa shape index (κ3) is 3.30. The summed E-state index contributed by atoms with van der Waals surface area (Å²) in [5.41, 5.74) is 1.83. The Hall–Kier alpha value is -1.46. The van der Waals surface area contributed by atoms with E-state index in [2.05, 4.69) is 5.32 Å². The minimum absolute atomic E-state index is 0.167. The third-order valence-electron chi connectivity index (χ3n) is 3.96. The van der Waals surface area contributed by atoms with Crippen molar-refractivity contribution in [3.8, 4) is 0 Å². The van der Waals surface area contributed by atoms with Gasteiger partial charge in [-0.05, 0) is 31.2 Å². The Morgan fingerprint density at radius 2 is 2.26 bits per heavy atom. The van der Waals surface area contributed by atoms with Gasteiger partial charge in [0.05, 0.1) is 11.0 Å². The molecule has 0 radical (unpaired) electrons.